The third kappa shape index (κ3) is 2.81. The number of nitrogens with zero attached hydrogens (tertiary/aromatic N) is 1. The molecule has 2 aromatic carbocycles. The zero-order valence-electron chi connectivity index (χ0n) is 10.5. The molecule has 3 aromatic rings. The molecule has 0 spiro atoms. The van der Waals surface area contributed by atoms with Crippen LogP contribution in [0.15, 0.2) is 48.5 Å². The number of benzene rings is 2. The number of carbonyl (C=O) groups excluding carboxylic acids is 1. The summed E-state index contributed by atoms with van der Waals surface area (Å²) >= 11 is 7.51. The van der Waals surface area contributed by atoms with Crippen LogP contribution < -0.4 is 5.32 Å². The first-order valence-corrected chi connectivity index (χ1v) is 7.30. The van der Waals surface area contributed by atoms with E-state index in [2.05, 4.69) is 10.3 Å². The molecule has 0 aliphatic heterocycles. The number of hydrogen-bond acceptors (Lipinski definition) is 3. The van der Waals surface area contributed by atoms with E-state index in [0.717, 1.165) is 15.8 Å². The van der Waals surface area contributed by atoms with Crippen LogP contribution in [-0.4, -0.2) is 10.9 Å². The molecular weight excluding hydrogens is 292 g/mol. The van der Waals surface area contributed by atoms with Gasteiger partial charge in [0.1, 0.15) is 0 Å². The third-order valence-corrected chi connectivity index (χ3v) is 4.17. The van der Waals surface area contributed by atoms with Gasteiger partial charge in [-0.05, 0) is 23.8 Å². The maximum atomic E-state index is 12.0. The van der Waals surface area contributed by atoms with Gasteiger partial charge in [-0.1, -0.05) is 53.3 Å². The van der Waals surface area contributed by atoms with Gasteiger partial charge in [-0.2, -0.15) is 0 Å². The summed E-state index contributed by atoms with van der Waals surface area (Å²) in [5.41, 5.74) is 1.71. The van der Waals surface area contributed by atoms with Crippen molar-refractivity contribution in [2.45, 2.75) is 6.42 Å². The van der Waals surface area contributed by atoms with Crippen molar-refractivity contribution in [2.75, 3.05) is 5.32 Å². The van der Waals surface area contributed by atoms with Gasteiger partial charge in [-0.15, -0.1) is 0 Å². The highest BCUT2D eigenvalue weighted by atomic mass is 35.5. The lowest BCUT2D eigenvalue weighted by atomic mass is 10.1. The lowest BCUT2D eigenvalue weighted by Crippen LogP contribution is -2.14. The zero-order valence-corrected chi connectivity index (χ0v) is 12.0. The van der Waals surface area contributed by atoms with Crippen LogP contribution in [0.4, 0.5) is 5.13 Å². The van der Waals surface area contributed by atoms with E-state index in [9.17, 15) is 4.79 Å². The molecule has 1 N–H and O–H groups in total. The molecule has 5 heteroatoms. The molecule has 0 saturated heterocycles. The average molecular weight is 303 g/mol. The van der Waals surface area contributed by atoms with Crippen LogP contribution in [0.5, 0.6) is 0 Å². The maximum absolute atomic E-state index is 12.0. The standard InChI is InChI=1S/C15H11ClN2OS/c16-11-6-2-1-5-10(11)9-14(19)18-15-17-12-7-3-4-8-13(12)20-15/h1-8H,9H2,(H,17,18,19). The normalized spacial score (nSPS) is 10.7. The molecule has 0 fully saturated rings. The molecular formula is C15H11ClN2OS. The number of halogens is 1. The smallest absolute Gasteiger partial charge is 0.230 e. The molecule has 100 valence electrons. The van der Waals surface area contributed by atoms with Crippen molar-refractivity contribution < 1.29 is 4.79 Å². The van der Waals surface area contributed by atoms with Crippen LogP contribution in [0.1, 0.15) is 5.56 Å². The lowest BCUT2D eigenvalue weighted by Gasteiger charge is -2.03. The Morgan fingerprint density at radius 2 is 1.90 bits per heavy atom. The van der Waals surface area contributed by atoms with Crippen LogP contribution in [0.2, 0.25) is 5.02 Å². The van der Waals surface area contributed by atoms with Gasteiger partial charge >= 0.3 is 0 Å². The summed E-state index contributed by atoms with van der Waals surface area (Å²) in [4.78, 5) is 16.4. The van der Waals surface area contributed by atoms with E-state index in [1.807, 2.05) is 42.5 Å². The predicted molar refractivity (Wildman–Crippen MR) is 83.4 cm³/mol. The fraction of sp³-hybridized carbons (Fsp3) is 0.0667. The van der Waals surface area contributed by atoms with Gasteiger partial charge in [0.25, 0.3) is 0 Å². The molecule has 3 rings (SSSR count). The van der Waals surface area contributed by atoms with Crippen LogP contribution in [0.25, 0.3) is 10.2 Å². The largest absolute Gasteiger partial charge is 0.302 e. The Kier molecular flexibility index (Phi) is 3.67. The molecule has 0 aliphatic rings. The van der Waals surface area contributed by atoms with Crippen molar-refractivity contribution in [2.24, 2.45) is 0 Å². The minimum atomic E-state index is -0.114. The van der Waals surface area contributed by atoms with Crippen molar-refractivity contribution in [1.29, 1.82) is 0 Å². The Hall–Kier alpha value is -1.91. The topological polar surface area (TPSA) is 42.0 Å². The van der Waals surface area contributed by atoms with Gasteiger partial charge in [-0.3, -0.25) is 4.79 Å². The molecule has 20 heavy (non-hydrogen) atoms. The van der Waals surface area contributed by atoms with Crippen molar-refractivity contribution in [3.8, 4) is 0 Å². The summed E-state index contributed by atoms with van der Waals surface area (Å²) in [5, 5.41) is 4.03. The molecule has 1 aromatic heterocycles. The predicted octanol–water partition coefficient (Wildman–Crippen LogP) is 4.13. The number of fused-ring (bicyclic) bond motifs is 1. The molecule has 0 unspecified atom stereocenters. The van der Waals surface area contributed by atoms with Crippen LogP contribution in [0.3, 0.4) is 0 Å². The SMILES string of the molecule is O=C(Cc1ccccc1Cl)Nc1nc2ccccc2s1. The first-order chi connectivity index (χ1) is 9.72. The highest BCUT2D eigenvalue weighted by Gasteiger charge is 2.09. The average Bonchev–Trinajstić information content (AvgIpc) is 2.83. The first-order valence-electron chi connectivity index (χ1n) is 6.11. The quantitative estimate of drug-likeness (QED) is 0.790. The molecule has 0 radical (unpaired) electrons. The summed E-state index contributed by atoms with van der Waals surface area (Å²) < 4.78 is 1.06. The van der Waals surface area contributed by atoms with Gasteiger partial charge in [0.15, 0.2) is 5.13 Å². The number of nitrogens with one attached hydrogen (secondary N) is 1. The van der Waals surface area contributed by atoms with E-state index < -0.39 is 0 Å². The number of carbonyl (C=O) groups is 1. The van der Waals surface area contributed by atoms with Crippen molar-refractivity contribution in [1.82, 2.24) is 4.98 Å². The van der Waals surface area contributed by atoms with E-state index in [1.165, 1.54) is 11.3 Å². The fourth-order valence-corrected chi connectivity index (χ4v) is 2.99. The van der Waals surface area contributed by atoms with E-state index in [4.69, 9.17) is 11.6 Å². The van der Waals surface area contributed by atoms with Crippen LogP contribution >= 0.6 is 22.9 Å². The second kappa shape index (κ2) is 5.61. The van der Waals surface area contributed by atoms with E-state index in [-0.39, 0.29) is 12.3 Å². The first kappa shape index (κ1) is 13.1. The minimum Gasteiger partial charge on any atom is -0.302 e. The molecule has 1 amide bonds. The Morgan fingerprint density at radius 3 is 2.70 bits per heavy atom. The van der Waals surface area contributed by atoms with Gasteiger partial charge in [0.2, 0.25) is 5.91 Å². The van der Waals surface area contributed by atoms with Crippen molar-refractivity contribution in [3.05, 3.63) is 59.1 Å². The Morgan fingerprint density at radius 1 is 1.15 bits per heavy atom. The van der Waals surface area contributed by atoms with Gasteiger partial charge in [0, 0.05) is 5.02 Å². The summed E-state index contributed by atoms with van der Waals surface area (Å²) in [6, 6.07) is 15.1. The van der Waals surface area contributed by atoms with E-state index in [0.29, 0.717) is 10.2 Å². The number of thiazole rings is 1. The van der Waals surface area contributed by atoms with Crippen molar-refractivity contribution in [3.63, 3.8) is 0 Å². The fourth-order valence-electron chi connectivity index (χ4n) is 1.90. The summed E-state index contributed by atoms with van der Waals surface area (Å²) in [5.74, 6) is -0.114. The van der Waals surface area contributed by atoms with Crippen LogP contribution in [0, 0.1) is 0 Å². The second-order valence-corrected chi connectivity index (χ2v) is 5.74. The zero-order chi connectivity index (χ0) is 13.9. The van der Waals surface area contributed by atoms with E-state index >= 15 is 0 Å². The van der Waals surface area contributed by atoms with Crippen LogP contribution in [-0.2, 0) is 11.2 Å². The number of para-hydroxylation sites is 1. The summed E-state index contributed by atoms with van der Waals surface area (Å²) in [6.45, 7) is 0. The molecule has 3 nitrogen and oxygen atoms in total. The second-order valence-electron chi connectivity index (χ2n) is 4.30. The molecule has 0 saturated carbocycles. The molecule has 1 heterocycles. The highest BCUT2D eigenvalue weighted by Crippen LogP contribution is 2.25. The monoisotopic (exact) mass is 302 g/mol. The number of amides is 1. The molecule has 0 aliphatic carbocycles. The Balaban J connectivity index is 1.74. The summed E-state index contributed by atoms with van der Waals surface area (Å²) in [7, 11) is 0. The van der Waals surface area contributed by atoms with Gasteiger partial charge in [-0.25, -0.2) is 4.98 Å². The van der Waals surface area contributed by atoms with Gasteiger partial charge < -0.3 is 5.32 Å². The van der Waals surface area contributed by atoms with Gasteiger partial charge in [0.05, 0.1) is 16.6 Å². The van der Waals surface area contributed by atoms with E-state index in [1.54, 1.807) is 6.07 Å². The number of anilines is 1. The minimum absolute atomic E-state index is 0.114. The summed E-state index contributed by atoms with van der Waals surface area (Å²) in [6.07, 6.45) is 0.246. The third-order valence-electron chi connectivity index (χ3n) is 2.85. The highest BCUT2D eigenvalue weighted by molar-refractivity contribution is 7.22. The number of hydrogen-bond donors (Lipinski definition) is 1. The molecule has 0 bridgehead atoms. The lowest BCUT2D eigenvalue weighted by molar-refractivity contribution is -0.115. The van der Waals surface area contributed by atoms with Crippen molar-refractivity contribution >= 4 is 44.2 Å². The maximum Gasteiger partial charge on any atom is 0.230 e. The molecule has 0 atom stereocenters. The Labute approximate surface area is 125 Å². The number of rotatable bonds is 3. The number of aromatic nitrogens is 1. The Bertz CT molecular complexity index is 736.